The van der Waals surface area contributed by atoms with E-state index < -0.39 is 12.1 Å². The first-order chi connectivity index (χ1) is 11.7. The summed E-state index contributed by atoms with van der Waals surface area (Å²) in [5.41, 5.74) is 2.85. The van der Waals surface area contributed by atoms with Crippen LogP contribution in [0.25, 0.3) is 0 Å². The molecule has 0 fully saturated rings. The standard InChI is InChI=1S/C19H28N4O2/c1-19(2,3)15-8-6-13(7-9-15)16(24)11-21-18(25)17(20-4)14-10-22-23(5)12-14/h6-10,12,16-17,20,24H,11H2,1-5H3,(H,21,25). The van der Waals surface area contributed by atoms with Gasteiger partial charge in [-0.15, -0.1) is 0 Å². The van der Waals surface area contributed by atoms with Crippen LogP contribution in [0.5, 0.6) is 0 Å². The van der Waals surface area contributed by atoms with Gasteiger partial charge in [0.15, 0.2) is 0 Å². The Morgan fingerprint density at radius 3 is 2.36 bits per heavy atom. The molecular formula is C19H28N4O2. The monoisotopic (exact) mass is 344 g/mol. The Kier molecular flexibility index (Phi) is 5.98. The van der Waals surface area contributed by atoms with Crippen molar-refractivity contribution in [2.24, 2.45) is 7.05 Å². The van der Waals surface area contributed by atoms with Crippen LogP contribution in [0.4, 0.5) is 0 Å². The van der Waals surface area contributed by atoms with E-state index in [1.165, 1.54) is 5.56 Å². The number of hydrogen-bond donors (Lipinski definition) is 3. The Hall–Kier alpha value is -2.18. The normalized spacial score (nSPS) is 14.2. The number of rotatable bonds is 6. The summed E-state index contributed by atoms with van der Waals surface area (Å²) in [6, 6.07) is 7.37. The van der Waals surface area contributed by atoms with E-state index in [4.69, 9.17) is 0 Å². The fourth-order valence-electron chi connectivity index (χ4n) is 2.66. The number of amides is 1. The topological polar surface area (TPSA) is 79.2 Å². The molecule has 0 aliphatic carbocycles. The van der Waals surface area contributed by atoms with E-state index in [0.29, 0.717) is 0 Å². The second kappa shape index (κ2) is 7.80. The molecule has 0 saturated carbocycles. The fourth-order valence-corrected chi connectivity index (χ4v) is 2.66. The van der Waals surface area contributed by atoms with Crippen molar-refractivity contribution in [3.8, 4) is 0 Å². The number of aliphatic hydroxyl groups is 1. The van der Waals surface area contributed by atoms with Crippen molar-refractivity contribution in [1.29, 1.82) is 0 Å². The van der Waals surface area contributed by atoms with Crippen LogP contribution in [0.3, 0.4) is 0 Å². The molecule has 2 atom stereocenters. The molecule has 2 unspecified atom stereocenters. The largest absolute Gasteiger partial charge is 0.387 e. The zero-order chi connectivity index (χ0) is 18.6. The predicted octanol–water partition coefficient (Wildman–Crippen LogP) is 1.83. The van der Waals surface area contributed by atoms with Gasteiger partial charge in [0.25, 0.3) is 0 Å². The molecule has 1 heterocycles. The van der Waals surface area contributed by atoms with Gasteiger partial charge in [-0.1, -0.05) is 45.0 Å². The molecule has 3 N–H and O–H groups in total. The van der Waals surface area contributed by atoms with Gasteiger partial charge < -0.3 is 15.7 Å². The Bertz CT molecular complexity index is 701. The van der Waals surface area contributed by atoms with Gasteiger partial charge in [-0.25, -0.2) is 0 Å². The van der Waals surface area contributed by atoms with Crippen molar-refractivity contribution < 1.29 is 9.90 Å². The van der Waals surface area contributed by atoms with Crippen molar-refractivity contribution in [3.05, 3.63) is 53.3 Å². The SMILES string of the molecule is CNC(C(=O)NCC(O)c1ccc(C(C)(C)C)cc1)c1cnn(C)c1. The minimum atomic E-state index is -0.746. The summed E-state index contributed by atoms with van der Waals surface area (Å²) in [6.07, 6.45) is 2.70. The number of carbonyl (C=O) groups is 1. The number of aromatic nitrogens is 2. The van der Waals surface area contributed by atoms with Gasteiger partial charge in [-0.3, -0.25) is 9.48 Å². The van der Waals surface area contributed by atoms with Gasteiger partial charge in [0.05, 0.1) is 12.3 Å². The summed E-state index contributed by atoms with van der Waals surface area (Å²) in [5, 5.41) is 20.2. The molecule has 0 radical (unpaired) electrons. The van der Waals surface area contributed by atoms with Crippen LogP contribution < -0.4 is 10.6 Å². The molecule has 0 bridgehead atoms. The van der Waals surface area contributed by atoms with Crippen LogP contribution in [0.15, 0.2) is 36.7 Å². The Morgan fingerprint density at radius 1 is 1.24 bits per heavy atom. The molecule has 1 amide bonds. The highest BCUT2D eigenvalue weighted by Gasteiger charge is 2.21. The zero-order valence-electron chi connectivity index (χ0n) is 15.6. The van der Waals surface area contributed by atoms with Gasteiger partial charge in [0, 0.05) is 25.4 Å². The maximum Gasteiger partial charge on any atom is 0.241 e. The highest BCUT2D eigenvalue weighted by molar-refractivity contribution is 5.83. The van der Waals surface area contributed by atoms with Crippen LogP contribution in [0.1, 0.15) is 49.6 Å². The molecule has 1 aromatic heterocycles. The summed E-state index contributed by atoms with van der Waals surface area (Å²) < 4.78 is 1.65. The number of aliphatic hydroxyl groups excluding tert-OH is 1. The maximum atomic E-state index is 12.4. The quantitative estimate of drug-likeness (QED) is 0.747. The molecule has 25 heavy (non-hydrogen) atoms. The van der Waals surface area contributed by atoms with E-state index >= 15 is 0 Å². The summed E-state index contributed by atoms with van der Waals surface area (Å²) in [5.74, 6) is -0.194. The first-order valence-corrected chi connectivity index (χ1v) is 8.44. The molecule has 1 aromatic carbocycles. The highest BCUT2D eigenvalue weighted by atomic mass is 16.3. The number of nitrogens with zero attached hydrogens (tertiary/aromatic N) is 2. The third-order valence-electron chi connectivity index (χ3n) is 4.24. The average molecular weight is 344 g/mol. The summed E-state index contributed by atoms with van der Waals surface area (Å²) >= 11 is 0. The van der Waals surface area contributed by atoms with E-state index in [-0.39, 0.29) is 17.9 Å². The molecule has 0 aliphatic rings. The summed E-state index contributed by atoms with van der Waals surface area (Å²) in [6.45, 7) is 6.60. The van der Waals surface area contributed by atoms with Crippen molar-refractivity contribution >= 4 is 5.91 Å². The highest BCUT2D eigenvalue weighted by Crippen LogP contribution is 2.24. The van der Waals surface area contributed by atoms with Gasteiger partial charge >= 0.3 is 0 Å². The van der Waals surface area contributed by atoms with Crippen molar-refractivity contribution in [3.63, 3.8) is 0 Å². The predicted molar refractivity (Wildman–Crippen MR) is 98.1 cm³/mol. The van der Waals surface area contributed by atoms with E-state index in [1.54, 1.807) is 31.2 Å². The van der Waals surface area contributed by atoms with Crippen LogP contribution >= 0.6 is 0 Å². The van der Waals surface area contributed by atoms with Crippen LogP contribution in [-0.4, -0.2) is 34.4 Å². The lowest BCUT2D eigenvalue weighted by atomic mass is 9.86. The molecular weight excluding hydrogens is 316 g/mol. The summed E-state index contributed by atoms with van der Waals surface area (Å²) in [4.78, 5) is 12.4. The number of benzene rings is 1. The Morgan fingerprint density at radius 2 is 1.88 bits per heavy atom. The third kappa shape index (κ3) is 4.90. The van der Waals surface area contributed by atoms with Crippen molar-refractivity contribution in [2.45, 2.75) is 38.3 Å². The van der Waals surface area contributed by atoms with Crippen LogP contribution in [-0.2, 0) is 17.3 Å². The Labute approximate surface area is 149 Å². The smallest absolute Gasteiger partial charge is 0.241 e. The molecule has 6 nitrogen and oxygen atoms in total. The van der Waals surface area contributed by atoms with Gasteiger partial charge in [-0.05, 0) is 23.6 Å². The van der Waals surface area contributed by atoms with Crippen molar-refractivity contribution in [1.82, 2.24) is 20.4 Å². The second-order valence-electron chi connectivity index (χ2n) is 7.30. The molecule has 0 aliphatic heterocycles. The number of hydrogen-bond acceptors (Lipinski definition) is 4. The fraction of sp³-hybridized carbons (Fsp3) is 0.474. The molecule has 2 aromatic rings. The second-order valence-corrected chi connectivity index (χ2v) is 7.30. The molecule has 2 rings (SSSR count). The molecule has 0 saturated heterocycles. The zero-order valence-corrected chi connectivity index (χ0v) is 15.6. The van der Waals surface area contributed by atoms with Gasteiger partial charge in [0.1, 0.15) is 6.04 Å². The number of aryl methyl sites for hydroxylation is 1. The lowest BCUT2D eigenvalue weighted by Gasteiger charge is -2.20. The molecule has 0 spiro atoms. The van der Waals surface area contributed by atoms with Crippen LogP contribution in [0.2, 0.25) is 0 Å². The number of carbonyl (C=O) groups excluding carboxylic acids is 1. The van der Waals surface area contributed by atoms with Crippen LogP contribution in [0, 0.1) is 0 Å². The van der Waals surface area contributed by atoms with E-state index in [9.17, 15) is 9.90 Å². The average Bonchev–Trinajstić information content (AvgIpc) is 2.98. The van der Waals surface area contributed by atoms with Gasteiger partial charge in [-0.2, -0.15) is 5.10 Å². The first kappa shape index (κ1) is 19.1. The number of nitrogens with one attached hydrogen (secondary N) is 2. The maximum absolute atomic E-state index is 12.4. The van der Waals surface area contributed by atoms with E-state index in [0.717, 1.165) is 11.1 Å². The number of likely N-dealkylation sites (N-methyl/N-ethyl adjacent to an activating group) is 1. The molecule has 6 heteroatoms. The van der Waals surface area contributed by atoms with E-state index in [2.05, 4.69) is 36.5 Å². The first-order valence-electron chi connectivity index (χ1n) is 8.44. The minimum absolute atomic E-state index is 0.0709. The minimum Gasteiger partial charge on any atom is -0.387 e. The Balaban J connectivity index is 1.96. The lowest BCUT2D eigenvalue weighted by Crippen LogP contribution is -2.37. The van der Waals surface area contributed by atoms with Crippen molar-refractivity contribution in [2.75, 3.05) is 13.6 Å². The summed E-state index contributed by atoms with van der Waals surface area (Å²) in [7, 11) is 3.53. The third-order valence-corrected chi connectivity index (χ3v) is 4.24. The van der Waals surface area contributed by atoms with Gasteiger partial charge in [0.2, 0.25) is 5.91 Å². The lowest BCUT2D eigenvalue weighted by molar-refractivity contribution is -0.123. The molecule has 136 valence electrons. The van der Waals surface area contributed by atoms with E-state index in [1.807, 2.05) is 24.3 Å².